The topological polar surface area (TPSA) is 69.6 Å². The van der Waals surface area contributed by atoms with Gasteiger partial charge in [-0.25, -0.2) is 0 Å². The summed E-state index contributed by atoms with van der Waals surface area (Å²) in [5, 5.41) is 23.2. The molecule has 0 radical (unpaired) electrons. The van der Waals surface area contributed by atoms with Crippen LogP contribution < -0.4 is 5.32 Å². The molecule has 0 aromatic heterocycles. The van der Waals surface area contributed by atoms with Crippen molar-refractivity contribution in [1.82, 2.24) is 5.32 Å². The van der Waals surface area contributed by atoms with E-state index in [2.05, 4.69) is 67.8 Å². The molecular formula is C73H137NO3. The van der Waals surface area contributed by atoms with Crippen molar-refractivity contribution in [1.29, 1.82) is 0 Å². The molecule has 0 bridgehead atoms. The SMILES string of the molecule is CCCCCCC/C=C\C/C=C\CCCCCCCCCCCCCCCCCCCCCCCCCCCCCCCC(=O)NC(CO)C(O)/C=C/CC/C=C/CC/C=C/CCCCCCCCCCCCCCCC. The molecule has 3 N–H and O–H groups in total. The van der Waals surface area contributed by atoms with Gasteiger partial charge in [-0.15, -0.1) is 0 Å². The van der Waals surface area contributed by atoms with Gasteiger partial charge in [0.1, 0.15) is 0 Å². The van der Waals surface area contributed by atoms with Crippen molar-refractivity contribution in [3.05, 3.63) is 60.8 Å². The Morgan fingerprint density at radius 1 is 0.312 bits per heavy atom. The molecule has 0 aliphatic carbocycles. The molecule has 0 aromatic carbocycles. The molecule has 4 nitrogen and oxygen atoms in total. The summed E-state index contributed by atoms with van der Waals surface area (Å²) in [4.78, 5) is 12.5. The van der Waals surface area contributed by atoms with E-state index in [9.17, 15) is 15.0 Å². The molecule has 4 heteroatoms. The van der Waals surface area contributed by atoms with E-state index in [1.54, 1.807) is 6.08 Å². The lowest BCUT2D eigenvalue weighted by Crippen LogP contribution is -2.45. The third-order valence-electron chi connectivity index (χ3n) is 16.2. The number of carbonyl (C=O) groups is 1. The summed E-state index contributed by atoms with van der Waals surface area (Å²) in [7, 11) is 0. The van der Waals surface area contributed by atoms with Gasteiger partial charge in [-0.05, 0) is 77.0 Å². The van der Waals surface area contributed by atoms with Crippen LogP contribution in [-0.4, -0.2) is 34.9 Å². The highest BCUT2D eigenvalue weighted by molar-refractivity contribution is 5.76. The standard InChI is InChI=1S/C73H137NO3/c1-3-5-7-9-11-13-15-17-19-21-23-25-27-29-30-31-32-33-34-35-36-37-38-39-40-41-42-43-44-45-47-49-51-53-55-57-59-61-63-65-67-69-73(77)74-71(70-75)72(76)68-66-64-62-60-58-56-54-52-50-48-46-28-26-24-22-20-18-16-14-12-10-8-6-4-2/h15,17,21,23,50,52,58,60,66,68,71-72,75-76H,3-14,16,18-20,22,24-49,51,53-57,59,61-65,67,69-70H2,1-2H3,(H,74,77)/b17-15-,23-21-,52-50+,60-58+,68-66+. The van der Waals surface area contributed by atoms with Crippen molar-refractivity contribution >= 4 is 5.91 Å². The van der Waals surface area contributed by atoms with Gasteiger partial charge < -0.3 is 15.5 Å². The fourth-order valence-electron chi connectivity index (χ4n) is 10.9. The fourth-order valence-corrected chi connectivity index (χ4v) is 10.9. The molecule has 452 valence electrons. The molecule has 0 saturated carbocycles. The summed E-state index contributed by atoms with van der Waals surface area (Å²) < 4.78 is 0. The van der Waals surface area contributed by atoms with Gasteiger partial charge in [0.2, 0.25) is 5.91 Å². The molecule has 0 heterocycles. The second kappa shape index (κ2) is 68.4. The quantitative estimate of drug-likeness (QED) is 0.0420. The Labute approximate surface area is 483 Å². The zero-order chi connectivity index (χ0) is 55.5. The summed E-state index contributed by atoms with van der Waals surface area (Å²) in [5.74, 6) is -0.0712. The predicted octanol–water partition coefficient (Wildman–Crippen LogP) is 23.9. The van der Waals surface area contributed by atoms with E-state index < -0.39 is 12.1 Å². The Bertz CT molecular complexity index is 1270. The number of nitrogens with one attached hydrogen (secondary N) is 1. The fraction of sp³-hybridized carbons (Fsp3) is 0.849. The first kappa shape index (κ1) is 75.1. The van der Waals surface area contributed by atoms with Crippen LogP contribution in [0.15, 0.2) is 60.8 Å². The van der Waals surface area contributed by atoms with Crippen LogP contribution in [0.3, 0.4) is 0 Å². The van der Waals surface area contributed by atoms with Gasteiger partial charge in [0, 0.05) is 6.42 Å². The lowest BCUT2D eigenvalue weighted by atomic mass is 10.0. The molecule has 77 heavy (non-hydrogen) atoms. The van der Waals surface area contributed by atoms with Gasteiger partial charge in [-0.1, -0.05) is 357 Å². The van der Waals surface area contributed by atoms with E-state index >= 15 is 0 Å². The van der Waals surface area contributed by atoms with Crippen molar-refractivity contribution < 1.29 is 15.0 Å². The summed E-state index contributed by atoms with van der Waals surface area (Å²) in [6.45, 7) is 4.32. The summed E-state index contributed by atoms with van der Waals surface area (Å²) in [6.07, 6.45) is 97.5. The number of aliphatic hydroxyl groups is 2. The van der Waals surface area contributed by atoms with E-state index in [0.29, 0.717) is 6.42 Å². The molecule has 2 unspecified atom stereocenters. The molecule has 0 saturated heterocycles. The monoisotopic (exact) mass is 1080 g/mol. The Hall–Kier alpha value is -1.91. The van der Waals surface area contributed by atoms with Gasteiger partial charge in [-0.3, -0.25) is 4.79 Å². The molecular weight excluding hydrogens is 939 g/mol. The normalized spacial score (nSPS) is 13.0. The van der Waals surface area contributed by atoms with Crippen LogP contribution in [0.5, 0.6) is 0 Å². The van der Waals surface area contributed by atoms with Crippen molar-refractivity contribution in [2.75, 3.05) is 6.61 Å². The van der Waals surface area contributed by atoms with E-state index in [-0.39, 0.29) is 12.5 Å². The summed E-state index contributed by atoms with van der Waals surface area (Å²) in [6, 6.07) is -0.647. The molecule has 0 spiro atoms. The van der Waals surface area contributed by atoms with Crippen LogP contribution in [0.1, 0.15) is 380 Å². The number of rotatable bonds is 65. The van der Waals surface area contributed by atoms with Crippen molar-refractivity contribution in [2.45, 2.75) is 392 Å². The first-order valence-electron chi connectivity index (χ1n) is 35.0. The molecule has 0 rings (SSSR count). The third-order valence-corrected chi connectivity index (χ3v) is 16.2. The minimum absolute atomic E-state index is 0.0712. The highest BCUT2D eigenvalue weighted by Gasteiger charge is 2.18. The average molecular weight is 1080 g/mol. The third kappa shape index (κ3) is 64.8. The van der Waals surface area contributed by atoms with Crippen molar-refractivity contribution in [3.8, 4) is 0 Å². The Morgan fingerprint density at radius 2 is 0.545 bits per heavy atom. The largest absolute Gasteiger partial charge is 0.394 e. The van der Waals surface area contributed by atoms with Gasteiger partial charge >= 0.3 is 0 Å². The lowest BCUT2D eigenvalue weighted by Gasteiger charge is -2.19. The maximum atomic E-state index is 12.5. The molecule has 2 atom stereocenters. The number of carbonyl (C=O) groups excluding carboxylic acids is 1. The smallest absolute Gasteiger partial charge is 0.220 e. The lowest BCUT2D eigenvalue weighted by molar-refractivity contribution is -0.123. The Morgan fingerprint density at radius 3 is 0.831 bits per heavy atom. The van der Waals surface area contributed by atoms with Gasteiger partial charge in [0.05, 0.1) is 18.8 Å². The molecule has 0 fully saturated rings. The highest BCUT2D eigenvalue weighted by Crippen LogP contribution is 2.18. The molecule has 0 aliphatic rings. The Kier molecular flexibility index (Phi) is 66.7. The second-order valence-electron chi connectivity index (χ2n) is 23.9. The molecule has 0 aromatic rings. The van der Waals surface area contributed by atoms with Crippen LogP contribution in [0, 0.1) is 0 Å². The number of hydrogen-bond acceptors (Lipinski definition) is 3. The molecule has 1 amide bonds. The number of hydrogen-bond donors (Lipinski definition) is 3. The van der Waals surface area contributed by atoms with Gasteiger partial charge in [0.25, 0.3) is 0 Å². The number of amides is 1. The van der Waals surface area contributed by atoms with Crippen LogP contribution >= 0.6 is 0 Å². The highest BCUT2D eigenvalue weighted by atomic mass is 16.3. The number of aliphatic hydroxyl groups excluding tert-OH is 2. The van der Waals surface area contributed by atoms with Crippen LogP contribution in [0.2, 0.25) is 0 Å². The first-order valence-corrected chi connectivity index (χ1v) is 35.0. The minimum Gasteiger partial charge on any atom is -0.394 e. The van der Waals surface area contributed by atoms with Crippen molar-refractivity contribution in [3.63, 3.8) is 0 Å². The summed E-state index contributed by atoms with van der Waals surface area (Å²) in [5.41, 5.74) is 0. The van der Waals surface area contributed by atoms with Gasteiger partial charge in [-0.2, -0.15) is 0 Å². The maximum absolute atomic E-state index is 12.5. The second-order valence-corrected chi connectivity index (χ2v) is 23.9. The number of unbranched alkanes of at least 4 members (excludes halogenated alkanes) is 50. The average Bonchev–Trinajstić information content (AvgIpc) is 3.43. The first-order chi connectivity index (χ1) is 38.2. The van der Waals surface area contributed by atoms with Crippen LogP contribution in [0.4, 0.5) is 0 Å². The zero-order valence-electron chi connectivity index (χ0n) is 52.2. The van der Waals surface area contributed by atoms with Crippen molar-refractivity contribution in [2.24, 2.45) is 0 Å². The van der Waals surface area contributed by atoms with E-state index in [1.165, 1.54) is 315 Å². The van der Waals surface area contributed by atoms with E-state index in [1.807, 2.05) is 6.08 Å². The molecule has 0 aliphatic heterocycles. The zero-order valence-corrected chi connectivity index (χ0v) is 52.2. The Balaban J connectivity index is 3.43. The van der Waals surface area contributed by atoms with E-state index in [4.69, 9.17) is 0 Å². The van der Waals surface area contributed by atoms with Gasteiger partial charge in [0.15, 0.2) is 0 Å². The minimum atomic E-state index is -0.872. The van der Waals surface area contributed by atoms with E-state index in [0.717, 1.165) is 44.9 Å². The summed E-state index contributed by atoms with van der Waals surface area (Å²) >= 11 is 0. The number of allylic oxidation sites excluding steroid dienone is 9. The van der Waals surface area contributed by atoms with Crippen LogP contribution in [0.25, 0.3) is 0 Å². The predicted molar refractivity (Wildman–Crippen MR) is 345 cm³/mol. The maximum Gasteiger partial charge on any atom is 0.220 e. The van der Waals surface area contributed by atoms with Crippen LogP contribution in [-0.2, 0) is 4.79 Å².